The standard InChI is InChI=1S/C40H80N16O12/c1-20(41)31(60)50-25(13-10-17-47-39(43)44)34(63)55-30(23(4)58)37(66)52-24(12-8-9-19-56(5,6)7)33(62)51-26(15-16-28(42)59)35(64)54-29(22(3)57)36(65)49-21(2)32(61)53-27(38(67)68)14-11-18-48-40(45)46/h20-27,29-30,39-40,47-48,57-58H,8-19,41,43-46H2,1-7H3,(H9-,42,49,50,51,52,53,54,55,59,60,61,62,63,64,65,66,67,68)/p+2/t20-,21-,22+,23+,24-,25-,26-,27-,29-,30-/m0/s1. The molecule has 10 atom stereocenters. The van der Waals surface area contributed by atoms with Crippen LogP contribution in [-0.2, 0) is 43.2 Å². The molecular weight excluding hydrogens is 897 g/mol. The average Bonchev–Trinajstić information content (AvgIpc) is 3.21. The molecule has 0 heterocycles. The van der Waals surface area contributed by atoms with Crippen molar-refractivity contribution in [1.29, 1.82) is 0 Å². The summed E-state index contributed by atoms with van der Waals surface area (Å²) in [6.07, 6.45) is -4.13. The number of carbonyl (C=O) groups is 9. The number of hydrogen-bond donors (Lipinski definition) is 18. The highest BCUT2D eigenvalue weighted by molar-refractivity contribution is 5.97. The molecule has 0 spiro atoms. The fourth-order valence-corrected chi connectivity index (χ4v) is 6.27. The molecule has 0 fully saturated rings. The molecule has 0 aromatic rings. The zero-order chi connectivity index (χ0) is 52.5. The maximum absolute atomic E-state index is 14.1. The largest absolute Gasteiger partial charge is 0.480 e. The van der Waals surface area contributed by atoms with Gasteiger partial charge in [-0.15, -0.1) is 0 Å². The Labute approximate surface area is 397 Å². The highest BCUT2D eigenvalue weighted by atomic mass is 16.4. The number of carbonyl (C=O) groups excluding carboxylic acids is 8. The lowest BCUT2D eigenvalue weighted by Gasteiger charge is -2.29. The van der Waals surface area contributed by atoms with E-state index < -0.39 is 139 Å². The van der Waals surface area contributed by atoms with Gasteiger partial charge in [0.15, 0.2) is 6.04 Å². The third-order valence-corrected chi connectivity index (χ3v) is 10.2. The van der Waals surface area contributed by atoms with E-state index in [1.54, 1.807) is 0 Å². The van der Waals surface area contributed by atoms with Crippen molar-refractivity contribution in [3.8, 4) is 0 Å². The predicted molar refractivity (Wildman–Crippen MR) is 247 cm³/mol. The number of aliphatic hydroxyl groups excluding tert-OH is 2. The number of primary amides is 1. The molecule has 28 heteroatoms. The van der Waals surface area contributed by atoms with Gasteiger partial charge >= 0.3 is 5.97 Å². The van der Waals surface area contributed by atoms with Crippen molar-refractivity contribution in [2.45, 2.75) is 159 Å². The molecule has 0 radical (unpaired) electrons. The number of aliphatic hydroxyl groups is 2. The predicted octanol–water partition coefficient (Wildman–Crippen LogP) is -8.84. The summed E-state index contributed by atoms with van der Waals surface area (Å²) in [5.74, 6) is -8.61. The summed E-state index contributed by atoms with van der Waals surface area (Å²) in [7, 11) is 5.86. The smallest absolute Gasteiger partial charge is 0.326 e. The van der Waals surface area contributed by atoms with E-state index in [9.17, 15) is 58.5 Å². The van der Waals surface area contributed by atoms with E-state index in [1.165, 1.54) is 20.8 Å². The summed E-state index contributed by atoms with van der Waals surface area (Å²) in [5.41, 5.74) is 30.9. The second-order valence-electron chi connectivity index (χ2n) is 17.9. The molecule has 0 aliphatic rings. The van der Waals surface area contributed by atoms with Crippen LogP contribution in [0.15, 0.2) is 0 Å². The van der Waals surface area contributed by atoms with Gasteiger partial charge in [-0.05, 0) is 92.2 Å². The first kappa shape index (κ1) is 62.8. The number of nitrogens with two attached hydrogens (primary N) is 5. The van der Waals surface area contributed by atoms with Crippen LogP contribution in [0.25, 0.3) is 0 Å². The Kier molecular flexibility index (Phi) is 29.4. The van der Waals surface area contributed by atoms with Crippen molar-refractivity contribution in [3.05, 3.63) is 0 Å². The second kappa shape index (κ2) is 31.8. The summed E-state index contributed by atoms with van der Waals surface area (Å²) in [6.45, 7) is 6.31. The van der Waals surface area contributed by atoms with Gasteiger partial charge in [-0.2, -0.15) is 0 Å². The van der Waals surface area contributed by atoms with Crippen LogP contribution in [0.3, 0.4) is 0 Å². The third-order valence-electron chi connectivity index (χ3n) is 10.2. The first-order valence-electron chi connectivity index (χ1n) is 22.6. The molecule has 0 unspecified atom stereocenters. The Hall–Kier alpha value is -5.17. The van der Waals surface area contributed by atoms with Gasteiger partial charge in [-0.3, -0.25) is 49.0 Å². The van der Waals surface area contributed by atoms with E-state index in [4.69, 9.17) is 28.7 Å². The minimum Gasteiger partial charge on any atom is -0.480 e. The maximum atomic E-state index is 14.1. The van der Waals surface area contributed by atoms with Gasteiger partial charge in [0.2, 0.25) is 41.4 Å². The van der Waals surface area contributed by atoms with Crippen molar-refractivity contribution in [2.24, 2.45) is 28.7 Å². The molecule has 0 rings (SSSR count). The molecular formula is C40H82N16O12+2. The number of hydrogen-bond acceptors (Lipinski definition) is 17. The Morgan fingerprint density at radius 1 is 0.515 bits per heavy atom. The molecule has 0 aromatic carbocycles. The lowest BCUT2D eigenvalue weighted by atomic mass is 10.0. The number of amides is 8. The molecule has 0 saturated carbocycles. The molecule has 28 nitrogen and oxygen atoms in total. The van der Waals surface area contributed by atoms with Gasteiger partial charge in [0.05, 0.1) is 39.9 Å². The molecule has 68 heavy (non-hydrogen) atoms. The average molecular weight is 979 g/mol. The van der Waals surface area contributed by atoms with Crippen LogP contribution in [0, 0.1) is 0 Å². The van der Waals surface area contributed by atoms with E-state index in [-0.39, 0.29) is 38.8 Å². The number of carboxylic acids is 1. The Balaban J connectivity index is 6.45. The van der Waals surface area contributed by atoms with E-state index >= 15 is 0 Å². The molecule has 0 aliphatic heterocycles. The Morgan fingerprint density at radius 2 is 0.897 bits per heavy atom. The van der Waals surface area contributed by atoms with Gasteiger partial charge in [-0.25, -0.2) is 4.79 Å². The van der Waals surface area contributed by atoms with Crippen molar-refractivity contribution < 1.29 is 68.7 Å². The quantitative estimate of drug-likeness (QED) is 0.0159. The Morgan fingerprint density at radius 3 is 1.31 bits per heavy atom. The van der Waals surface area contributed by atoms with Crippen LogP contribution in [0.2, 0.25) is 0 Å². The zero-order valence-electron chi connectivity index (χ0n) is 40.5. The molecule has 0 saturated heterocycles. The molecule has 0 aliphatic carbocycles. The van der Waals surface area contributed by atoms with Gasteiger partial charge in [0.1, 0.15) is 54.9 Å². The second-order valence-corrected chi connectivity index (χ2v) is 17.9. The molecule has 0 bridgehead atoms. The van der Waals surface area contributed by atoms with Gasteiger partial charge < -0.3 is 91.4 Å². The van der Waals surface area contributed by atoms with Crippen LogP contribution in [0.5, 0.6) is 0 Å². The van der Waals surface area contributed by atoms with Crippen LogP contribution >= 0.6 is 0 Å². The third kappa shape index (κ3) is 27.0. The Bertz CT molecular complexity index is 1650. The number of aliphatic carboxylic acids is 1. The summed E-state index contributed by atoms with van der Waals surface area (Å²) in [4.78, 5) is 118. The van der Waals surface area contributed by atoms with Gasteiger partial charge in [0, 0.05) is 6.42 Å². The van der Waals surface area contributed by atoms with Crippen LogP contribution in [0.1, 0.15) is 85.5 Å². The number of carboxylic acid groups (broad SMARTS) is 1. The number of unbranched alkanes of at least 4 members (excludes halogenated alkanes) is 1. The minimum atomic E-state index is -1.76. The van der Waals surface area contributed by atoms with Gasteiger partial charge in [0.25, 0.3) is 5.91 Å². The molecule has 0 aromatic heterocycles. The summed E-state index contributed by atoms with van der Waals surface area (Å²) < 4.78 is 0.572. The summed E-state index contributed by atoms with van der Waals surface area (Å²) in [6, 6.07) is -11.1. The van der Waals surface area contributed by atoms with Crippen LogP contribution in [0.4, 0.5) is 0 Å². The zero-order valence-corrected chi connectivity index (χ0v) is 40.5. The highest BCUT2D eigenvalue weighted by Gasteiger charge is 2.36. The van der Waals surface area contributed by atoms with Crippen molar-refractivity contribution in [3.63, 3.8) is 0 Å². The normalized spacial score (nSPS) is 16.1. The minimum absolute atomic E-state index is 0.0152. The summed E-state index contributed by atoms with van der Waals surface area (Å²) in [5, 5.41) is 53.3. The highest BCUT2D eigenvalue weighted by Crippen LogP contribution is 2.10. The monoisotopic (exact) mass is 979 g/mol. The van der Waals surface area contributed by atoms with Crippen molar-refractivity contribution in [1.82, 2.24) is 47.9 Å². The van der Waals surface area contributed by atoms with Gasteiger partial charge in [-0.1, -0.05) is 0 Å². The number of nitrogens with zero attached hydrogens (tertiary/aromatic N) is 1. The number of nitrogens with one attached hydrogen (secondary N) is 9. The van der Waals surface area contributed by atoms with Crippen molar-refractivity contribution >= 4 is 53.2 Å². The van der Waals surface area contributed by atoms with E-state index in [2.05, 4.69) is 53.6 Å². The first-order valence-corrected chi connectivity index (χ1v) is 22.6. The fraction of sp³-hybridized carbons (Fsp3) is 0.775. The van der Waals surface area contributed by atoms with Crippen molar-refractivity contribution in [2.75, 3.05) is 40.8 Å². The maximum Gasteiger partial charge on any atom is 0.326 e. The van der Waals surface area contributed by atoms with Crippen LogP contribution in [-0.4, -0.2) is 187 Å². The first-order chi connectivity index (χ1) is 31.5. The van der Waals surface area contributed by atoms with E-state index in [0.717, 1.165) is 6.92 Å². The molecule has 25 N–H and O–H groups in total. The molecule has 8 amide bonds. The topological polar surface area (TPSA) is 480 Å². The fourth-order valence-electron chi connectivity index (χ4n) is 6.27. The lowest BCUT2D eigenvalue weighted by molar-refractivity contribution is -0.870. The van der Waals surface area contributed by atoms with E-state index in [0.29, 0.717) is 30.3 Å². The molecule has 392 valence electrons. The summed E-state index contributed by atoms with van der Waals surface area (Å²) >= 11 is 0. The van der Waals surface area contributed by atoms with Crippen LogP contribution < -0.4 is 82.3 Å². The lowest BCUT2D eigenvalue weighted by Crippen LogP contribution is -2.68. The SMILES string of the molecule is C[C@H]([NH3+])C(=O)N[C@@H](CCCNC(N)N)C(=O)N[C@H](C(=O)N[C@@H](CCCC[N+](C)(C)C)C(=O)N[C@@H](CCC(N)=O)C(=O)N[C@H](C(=O)N[C@@H](C)C(=O)N[C@@H](CCCNC(N)N)C(=O)O)[C@@H](C)O)[C@@H](C)O. The number of quaternary nitrogens is 2. The number of rotatable bonds is 35. The van der Waals surface area contributed by atoms with E-state index in [1.807, 2.05) is 21.1 Å².